The maximum atomic E-state index is 5.29. The molecule has 7 aromatic rings. The van der Waals surface area contributed by atoms with Gasteiger partial charge in [0.05, 0.1) is 5.69 Å². The maximum Gasteiger partial charge on any atom is 0.137 e. The van der Waals surface area contributed by atoms with Crippen LogP contribution in [0.25, 0.3) is 53.8 Å². The Morgan fingerprint density at radius 3 is 2.10 bits per heavy atom. The molecule has 3 heteroatoms. The molecule has 0 aliphatic heterocycles. The highest BCUT2D eigenvalue weighted by Crippen LogP contribution is 2.64. The summed E-state index contributed by atoms with van der Waals surface area (Å²) in [5.41, 5.74) is 17.5. The van der Waals surface area contributed by atoms with E-state index in [0.29, 0.717) is 11.8 Å². The van der Waals surface area contributed by atoms with Crippen molar-refractivity contribution in [3.05, 3.63) is 191 Å². The molecule has 3 atom stereocenters. The van der Waals surface area contributed by atoms with E-state index < -0.39 is 0 Å². The van der Waals surface area contributed by atoms with Gasteiger partial charge in [0.2, 0.25) is 0 Å². The molecule has 0 amide bonds. The van der Waals surface area contributed by atoms with Gasteiger partial charge in [0.1, 0.15) is 10.7 Å². The number of allylic oxidation sites excluding steroid dienone is 8. The van der Waals surface area contributed by atoms with E-state index in [1.807, 2.05) is 0 Å². The summed E-state index contributed by atoms with van der Waals surface area (Å²) in [5, 5.41) is 2.40. The molecule has 2 fully saturated rings. The number of nitrogens with zero attached hydrogens (tertiary/aromatic N) is 2. The van der Waals surface area contributed by atoms with E-state index in [0.717, 1.165) is 33.7 Å². The monoisotopic (exact) mass is 806 g/mol. The van der Waals surface area contributed by atoms with Crippen molar-refractivity contribution in [3.8, 4) is 22.4 Å². The van der Waals surface area contributed by atoms with E-state index in [1.54, 1.807) is 39.2 Å². The third-order valence-corrected chi connectivity index (χ3v) is 17.0. The lowest BCUT2D eigenvalue weighted by Crippen LogP contribution is -2.34. The van der Waals surface area contributed by atoms with Crippen LogP contribution >= 0.6 is 11.3 Å². The summed E-state index contributed by atoms with van der Waals surface area (Å²) in [6.45, 7) is 0. The average molecular weight is 807 g/mol. The standard InChI is InChI=1S/C58H50N2S/c1-4-14-40(15-5-1)54-53-44-17-7-9-19-52(44)61-56(53)60-55(59-54)41-26-24-38(25-27-41)37-20-22-39(23-21-37)42-28-29-49-45(34-42)47-36-50-46(35-51(47)58(49)32-12-3-13-33-58)43-16-6-8-18-48(43)57(50)30-10-2-11-31-57/h1,4-9,14-26,28-29,34-36,41,45,49H,2-3,10-13,27,30-33H2. The molecule has 61 heavy (non-hydrogen) atoms. The first-order valence-corrected chi connectivity index (χ1v) is 23.9. The summed E-state index contributed by atoms with van der Waals surface area (Å²) in [6.07, 6.45) is 29.0. The predicted octanol–water partition coefficient (Wildman–Crippen LogP) is 15.4. The zero-order valence-electron chi connectivity index (χ0n) is 34.7. The van der Waals surface area contributed by atoms with E-state index in [4.69, 9.17) is 9.97 Å². The van der Waals surface area contributed by atoms with Crippen LogP contribution in [-0.2, 0) is 10.8 Å². The van der Waals surface area contributed by atoms with E-state index in [-0.39, 0.29) is 16.7 Å². The van der Waals surface area contributed by atoms with Gasteiger partial charge >= 0.3 is 0 Å². The Bertz CT molecular complexity index is 3020. The number of hydrogen-bond acceptors (Lipinski definition) is 3. The van der Waals surface area contributed by atoms with Crippen molar-refractivity contribution < 1.29 is 0 Å². The Morgan fingerprint density at radius 2 is 1.30 bits per heavy atom. The molecule has 5 aromatic carbocycles. The first kappa shape index (κ1) is 36.1. The van der Waals surface area contributed by atoms with E-state index in [1.165, 1.54) is 102 Å². The molecule has 13 rings (SSSR count). The average Bonchev–Trinajstić information content (AvgIpc) is 3.93. The molecule has 6 aliphatic rings. The van der Waals surface area contributed by atoms with Crippen LogP contribution in [-0.4, -0.2) is 9.97 Å². The second kappa shape index (κ2) is 13.9. The molecular weight excluding hydrogens is 757 g/mol. The van der Waals surface area contributed by atoms with Crippen LogP contribution in [0.5, 0.6) is 0 Å². The van der Waals surface area contributed by atoms with Gasteiger partial charge in [0.15, 0.2) is 0 Å². The Kier molecular flexibility index (Phi) is 8.24. The Morgan fingerprint density at radius 1 is 0.574 bits per heavy atom. The predicted molar refractivity (Wildman–Crippen MR) is 255 cm³/mol. The minimum atomic E-state index is 0.135. The Labute approximate surface area is 363 Å². The molecule has 3 unspecified atom stereocenters. The summed E-state index contributed by atoms with van der Waals surface area (Å²) in [7, 11) is 0. The van der Waals surface area contributed by atoms with Gasteiger partial charge in [0.25, 0.3) is 0 Å². The number of fused-ring (bicyclic) bond motifs is 13. The lowest BCUT2D eigenvalue weighted by atomic mass is 9.63. The summed E-state index contributed by atoms with van der Waals surface area (Å²) in [5.74, 6) is 2.01. The molecule has 0 N–H and O–H groups in total. The van der Waals surface area contributed by atoms with Crippen LogP contribution in [0.4, 0.5) is 0 Å². The molecule has 298 valence electrons. The highest BCUT2D eigenvalue weighted by molar-refractivity contribution is 7.25. The van der Waals surface area contributed by atoms with Crippen molar-refractivity contribution in [1.29, 1.82) is 0 Å². The second-order valence-electron chi connectivity index (χ2n) is 18.9. The number of thiophene rings is 1. The maximum absolute atomic E-state index is 5.29. The van der Waals surface area contributed by atoms with Gasteiger partial charge in [-0.3, -0.25) is 0 Å². The zero-order valence-corrected chi connectivity index (χ0v) is 35.6. The van der Waals surface area contributed by atoms with Gasteiger partial charge in [-0.1, -0.05) is 178 Å². The van der Waals surface area contributed by atoms with Gasteiger partial charge in [-0.15, -0.1) is 11.3 Å². The minimum Gasteiger partial charge on any atom is -0.231 e. The summed E-state index contributed by atoms with van der Waals surface area (Å²) in [6, 6.07) is 43.6. The summed E-state index contributed by atoms with van der Waals surface area (Å²) < 4.78 is 1.26. The molecule has 2 aromatic heterocycles. The van der Waals surface area contributed by atoms with Crippen molar-refractivity contribution in [2.45, 2.75) is 93.3 Å². The van der Waals surface area contributed by atoms with Crippen molar-refractivity contribution in [1.82, 2.24) is 9.97 Å². The second-order valence-corrected chi connectivity index (χ2v) is 20.0. The van der Waals surface area contributed by atoms with E-state index >= 15 is 0 Å². The SMILES string of the molecule is C1=CC(c2nc(-c3ccccc3)c3c(n2)sc2ccccc23)CC=C1c1ccc(C2=CC3c4cc5c(cc4C4(CCCCC4)C3C=C2)-c2ccccc2C52CCCCC2)cc1. The van der Waals surface area contributed by atoms with Gasteiger partial charge in [-0.2, -0.15) is 0 Å². The fraction of sp³-hybridized carbons (Fsp3) is 0.276. The molecule has 0 bridgehead atoms. The summed E-state index contributed by atoms with van der Waals surface area (Å²) in [4.78, 5) is 11.6. The van der Waals surface area contributed by atoms with Crippen LogP contribution in [0.3, 0.4) is 0 Å². The van der Waals surface area contributed by atoms with Gasteiger partial charge in [-0.05, 0) is 106 Å². The van der Waals surface area contributed by atoms with Crippen molar-refractivity contribution >= 4 is 42.8 Å². The number of hydrogen-bond donors (Lipinski definition) is 0. The van der Waals surface area contributed by atoms with Crippen molar-refractivity contribution in [3.63, 3.8) is 0 Å². The highest BCUT2D eigenvalue weighted by Gasteiger charge is 2.53. The van der Waals surface area contributed by atoms with Gasteiger partial charge in [0, 0.05) is 43.7 Å². The fourth-order valence-corrected chi connectivity index (χ4v) is 14.1. The number of aromatic nitrogens is 2. The lowest BCUT2D eigenvalue weighted by molar-refractivity contribution is 0.233. The molecule has 0 saturated heterocycles. The number of rotatable bonds is 4. The lowest BCUT2D eigenvalue weighted by Gasteiger charge is -2.41. The quantitative estimate of drug-likeness (QED) is 0.177. The Balaban J connectivity index is 0.808. The molecule has 2 nitrogen and oxygen atoms in total. The third kappa shape index (κ3) is 5.45. The first-order valence-electron chi connectivity index (χ1n) is 23.1. The Hall–Kier alpha value is -5.64. The summed E-state index contributed by atoms with van der Waals surface area (Å²) >= 11 is 1.77. The smallest absolute Gasteiger partial charge is 0.137 e. The highest BCUT2D eigenvalue weighted by atomic mass is 32.1. The van der Waals surface area contributed by atoms with Crippen LogP contribution in [0.2, 0.25) is 0 Å². The van der Waals surface area contributed by atoms with Crippen LogP contribution in [0.1, 0.15) is 122 Å². The van der Waals surface area contributed by atoms with Gasteiger partial charge in [-0.25, -0.2) is 9.97 Å². The largest absolute Gasteiger partial charge is 0.231 e. The molecule has 6 aliphatic carbocycles. The minimum absolute atomic E-state index is 0.135. The molecule has 2 spiro atoms. The first-order chi connectivity index (χ1) is 30.2. The number of benzene rings is 5. The van der Waals surface area contributed by atoms with E-state index in [2.05, 4.69) is 152 Å². The van der Waals surface area contributed by atoms with E-state index in [9.17, 15) is 0 Å². The van der Waals surface area contributed by atoms with Crippen LogP contribution in [0.15, 0.2) is 152 Å². The molecule has 0 radical (unpaired) electrons. The molecule has 2 saturated carbocycles. The van der Waals surface area contributed by atoms with Crippen molar-refractivity contribution in [2.75, 3.05) is 0 Å². The zero-order chi connectivity index (χ0) is 40.1. The topological polar surface area (TPSA) is 25.8 Å². The molecular formula is C58H50N2S. The third-order valence-electron chi connectivity index (χ3n) is 15.9. The van der Waals surface area contributed by atoms with Crippen LogP contribution < -0.4 is 0 Å². The normalized spacial score (nSPS) is 22.9. The van der Waals surface area contributed by atoms with Crippen LogP contribution in [0, 0.1) is 5.92 Å². The van der Waals surface area contributed by atoms with Gasteiger partial charge < -0.3 is 0 Å². The van der Waals surface area contributed by atoms with Crippen molar-refractivity contribution in [2.24, 2.45) is 5.92 Å². The fourth-order valence-electron chi connectivity index (χ4n) is 13.1. The molecule has 2 heterocycles.